The van der Waals surface area contributed by atoms with Crippen LogP contribution in [0.3, 0.4) is 0 Å². The van der Waals surface area contributed by atoms with E-state index in [1.165, 1.54) is 14.2 Å². The SMILES string of the molecule is COc1cc([C@H]2C(C#N)=C(N)Oc3n[nH]c(-c4ccc(Br)cc4)c32)cc(OC)c1O. The van der Waals surface area contributed by atoms with E-state index in [4.69, 9.17) is 19.9 Å². The molecule has 0 spiro atoms. The maximum atomic E-state index is 10.3. The van der Waals surface area contributed by atoms with Gasteiger partial charge in [-0.05, 0) is 29.8 Å². The Kier molecular flexibility index (Phi) is 5.01. The number of nitrogens with zero attached hydrogens (tertiary/aromatic N) is 2. The number of hydrogen-bond acceptors (Lipinski definition) is 7. The summed E-state index contributed by atoms with van der Waals surface area (Å²) in [7, 11) is 2.88. The second kappa shape index (κ2) is 7.65. The molecular formula is C21H17BrN4O4. The van der Waals surface area contributed by atoms with E-state index in [9.17, 15) is 10.4 Å². The fraction of sp³-hybridized carbons (Fsp3) is 0.143. The zero-order valence-electron chi connectivity index (χ0n) is 16.1. The quantitative estimate of drug-likeness (QED) is 0.531. The fourth-order valence-electron chi connectivity index (χ4n) is 3.50. The Labute approximate surface area is 180 Å². The number of ether oxygens (including phenoxy) is 3. The van der Waals surface area contributed by atoms with Crippen LogP contribution in [0.2, 0.25) is 0 Å². The lowest BCUT2D eigenvalue weighted by molar-refractivity contribution is 0.338. The standard InChI is InChI=1S/C21H17BrN4O4/c1-28-14-7-11(8-15(29-2)19(14)27)16-13(9-23)20(24)30-21-17(16)18(25-26-21)10-3-5-12(22)6-4-10/h3-8,16,27H,24H2,1-2H3,(H,25,26)/t16-/m0/s1. The first-order chi connectivity index (χ1) is 14.5. The van der Waals surface area contributed by atoms with Gasteiger partial charge in [0, 0.05) is 10.0 Å². The van der Waals surface area contributed by atoms with Gasteiger partial charge in [0.15, 0.2) is 11.5 Å². The number of nitrogens with two attached hydrogens (primary N) is 1. The van der Waals surface area contributed by atoms with Gasteiger partial charge in [-0.25, -0.2) is 0 Å². The van der Waals surface area contributed by atoms with Gasteiger partial charge in [-0.1, -0.05) is 28.1 Å². The summed E-state index contributed by atoms with van der Waals surface area (Å²) in [5.74, 6) is -0.0782. The zero-order chi connectivity index (χ0) is 21.4. The Hall–Kier alpha value is -3.64. The van der Waals surface area contributed by atoms with E-state index in [1.54, 1.807) is 12.1 Å². The van der Waals surface area contributed by atoms with Crippen LogP contribution in [-0.4, -0.2) is 29.5 Å². The van der Waals surface area contributed by atoms with Gasteiger partial charge >= 0.3 is 0 Å². The van der Waals surface area contributed by atoms with Gasteiger partial charge in [-0.2, -0.15) is 5.26 Å². The Morgan fingerprint density at radius 1 is 1.20 bits per heavy atom. The summed E-state index contributed by atoms with van der Waals surface area (Å²) >= 11 is 3.43. The molecule has 0 bridgehead atoms. The van der Waals surface area contributed by atoms with Gasteiger partial charge in [-0.15, -0.1) is 5.10 Å². The number of nitriles is 1. The van der Waals surface area contributed by atoms with Crippen molar-refractivity contribution in [3.05, 3.63) is 63.5 Å². The van der Waals surface area contributed by atoms with Crippen LogP contribution in [0.5, 0.6) is 23.1 Å². The maximum absolute atomic E-state index is 10.3. The third-order valence-electron chi connectivity index (χ3n) is 4.91. The molecule has 2 aromatic carbocycles. The summed E-state index contributed by atoms with van der Waals surface area (Å²) in [5, 5.41) is 27.4. The number of allylic oxidation sites excluding steroid dienone is 1. The average molecular weight is 469 g/mol. The number of phenols is 1. The summed E-state index contributed by atoms with van der Waals surface area (Å²) in [4.78, 5) is 0. The predicted octanol–water partition coefficient (Wildman–Crippen LogP) is 3.78. The molecule has 152 valence electrons. The fourth-order valence-corrected chi connectivity index (χ4v) is 3.76. The van der Waals surface area contributed by atoms with E-state index in [2.05, 4.69) is 32.2 Å². The highest BCUT2D eigenvalue weighted by Gasteiger charge is 2.36. The topological polar surface area (TPSA) is 126 Å². The largest absolute Gasteiger partial charge is 0.502 e. The minimum absolute atomic E-state index is 0.0325. The second-order valence-corrected chi connectivity index (χ2v) is 7.44. The molecule has 3 aromatic rings. The molecule has 0 aliphatic carbocycles. The van der Waals surface area contributed by atoms with Crippen molar-refractivity contribution in [1.29, 1.82) is 5.26 Å². The van der Waals surface area contributed by atoms with Crippen molar-refractivity contribution in [3.63, 3.8) is 0 Å². The Morgan fingerprint density at radius 2 is 1.83 bits per heavy atom. The molecule has 0 saturated carbocycles. The number of aromatic nitrogens is 2. The summed E-state index contributed by atoms with van der Waals surface area (Å²) < 4.78 is 17.1. The lowest BCUT2D eigenvalue weighted by atomic mass is 9.82. The van der Waals surface area contributed by atoms with Crippen LogP contribution >= 0.6 is 15.9 Å². The Bertz CT molecular complexity index is 1170. The summed E-state index contributed by atoms with van der Waals surface area (Å²) in [6.45, 7) is 0. The second-order valence-electron chi connectivity index (χ2n) is 6.52. The number of methoxy groups -OCH3 is 2. The number of fused-ring (bicyclic) bond motifs is 1. The zero-order valence-corrected chi connectivity index (χ0v) is 17.6. The molecule has 8 nitrogen and oxygen atoms in total. The Balaban J connectivity index is 1.98. The highest BCUT2D eigenvalue weighted by Crippen LogP contribution is 2.48. The van der Waals surface area contributed by atoms with E-state index in [-0.39, 0.29) is 34.6 Å². The van der Waals surface area contributed by atoms with Crippen molar-refractivity contribution in [2.75, 3.05) is 14.2 Å². The van der Waals surface area contributed by atoms with Crippen LogP contribution in [0.1, 0.15) is 17.0 Å². The van der Waals surface area contributed by atoms with E-state index in [1.807, 2.05) is 24.3 Å². The minimum atomic E-state index is -0.612. The number of halogens is 1. The molecule has 0 amide bonds. The van der Waals surface area contributed by atoms with Crippen LogP contribution in [-0.2, 0) is 0 Å². The van der Waals surface area contributed by atoms with Gasteiger partial charge in [0.2, 0.25) is 17.5 Å². The lowest BCUT2D eigenvalue weighted by Gasteiger charge is -2.25. The summed E-state index contributed by atoms with van der Waals surface area (Å²) in [5.41, 5.74) is 9.08. The van der Waals surface area contributed by atoms with Crippen molar-refractivity contribution < 1.29 is 19.3 Å². The lowest BCUT2D eigenvalue weighted by Crippen LogP contribution is -2.21. The minimum Gasteiger partial charge on any atom is -0.502 e. The molecule has 0 fully saturated rings. The molecule has 1 aliphatic rings. The predicted molar refractivity (Wildman–Crippen MR) is 112 cm³/mol. The van der Waals surface area contributed by atoms with Crippen molar-refractivity contribution >= 4 is 15.9 Å². The van der Waals surface area contributed by atoms with Crippen molar-refractivity contribution in [2.24, 2.45) is 5.73 Å². The number of aromatic hydroxyl groups is 1. The first-order valence-electron chi connectivity index (χ1n) is 8.85. The maximum Gasteiger partial charge on any atom is 0.244 e. The molecule has 0 saturated heterocycles. The number of rotatable bonds is 4. The highest BCUT2D eigenvalue weighted by atomic mass is 79.9. The molecule has 0 radical (unpaired) electrons. The first-order valence-corrected chi connectivity index (χ1v) is 9.64. The van der Waals surface area contributed by atoms with Crippen LogP contribution < -0.4 is 19.9 Å². The molecule has 4 rings (SSSR count). The van der Waals surface area contributed by atoms with Gasteiger partial charge in [0.1, 0.15) is 11.6 Å². The summed E-state index contributed by atoms with van der Waals surface area (Å²) in [6, 6.07) is 13.1. The molecule has 4 N–H and O–H groups in total. The number of H-pyrrole nitrogens is 1. The van der Waals surface area contributed by atoms with Crippen LogP contribution in [0.15, 0.2) is 52.3 Å². The molecular weight excluding hydrogens is 452 g/mol. The van der Waals surface area contributed by atoms with E-state index >= 15 is 0 Å². The number of phenolic OH excluding ortho intramolecular Hbond substituents is 1. The molecule has 2 heterocycles. The van der Waals surface area contributed by atoms with Crippen molar-refractivity contribution in [3.8, 4) is 40.5 Å². The van der Waals surface area contributed by atoms with Gasteiger partial charge in [0.25, 0.3) is 0 Å². The molecule has 0 unspecified atom stereocenters. The molecule has 1 aromatic heterocycles. The van der Waals surface area contributed by atoms with E-state index in [0.717, 1.165) is 10.0 Å². The van der Waals surface area contributed by atoms with E-state index < -0.39 is 5.92 Å². The monoisotopic (exact) mass is 468 g/mol. The average Bonchev–Trinajstić information content (AvgIpc) is 3.16. The van der Waals surface area contributed by atoms with Gasteiger partial charge in [0.05, 0.1) is 31.4 Å². The number of aromatic amines is 1. The number of benzene rings is 2. The van der Waals surface area contributed by atoms with Crippen molar-refractivity contribution in [2.45, 2.75) is 5.92 Å². The van der Waals surface area contributed by atoms with Crippen LogP contribution in [0.25, 0.3) is 11.3 Å². The third kappa shape index (κ3) is 3.11. The van der Waals surface area contributed by atoms with Crippen LogP contribution in [0.4, 0.5) is 0 Å². The molecule has 30 heavy (non-hydrogen) atoms. The molecule has 9 heteroatoms. The van der Waals surface area contributed by atoms with Gasteiger partial charge in [-0.3, -0.25) is 5.10 Å². The molecule has 1 aliphatic heterocycles. The third-order valence-corrected chi connectivity index (χ3v) is 5.44. The number of nitrogens with one attached hydrogen (secondary N) is 1. The first kappa shape index (κ1) is 19.7. The van der Waals surface area contributed by atoms with Gasteiger partial charge < -0.3 is 25.1 Å². The molecule has 1 atom stereocenters. The normalized spacial score (nSPS) is 15.2. The smallest absolute Gasteiger partial charge is 0.244 e. The van der Waals surface area contributed by atoms with Crippen LogP contribution in [0, 0.1) is 11.3 Å². The van der Waals surface area contributed by atoms with E-state index in [0.29, 0.717) is 16.8 Å². The number of hydrogen-bond donors (Lipinski definition) is 3. The highest BCUT2D eigenvalue weighted by molar-refractivity contribution is 9.10. The Morgan fingerprint density at radius 3 is 2.40 bits per heavy atom. The summed E-state index contributed by atoms with van der Waals surface area (Å²) in [6.07, 6.45) is 0. The van der Waals surface area contributed by atoms with Crippen molar-refractivity contribution in [1.82, 2.24) is 10.2 Å².